The van der Waals surface area contributed by atoms with Crippen LogP contribution in [0, 0.1) is 13.8 Å². The van der Waals surface area contributed by atoms with Gasteiger partial charge in [-0.15, -0.1) is 0 Å². The molecule has 0 radical (unpaired) electrons. The average Bonchev–Trinajstić information content (AvgIpc) is 3.08. The van der Waals surface area contributed by atoms with E-state index in [0.717, 1.165) is 0 Å². The first-order valence-electron chi connectivity index (χ1n) is 7.53. The van der Waals surface area contributed by atoms with Crippen molar-refractivity contribution in [3.8, 4) is 0 Å². The number of aryl methyl sites for hydroxylation is 2. The molecule has 0 fully saturated rings. The number of esters is 2. The van der Waals surface area contributed by atoms with Crippen molar-refractivity contribution >= 4 is 11.9 Å². The molecule has 11 nitrogen and oxygen atoms in total. The first-order chi connectivity index (χ1) is 12.3. The Labute approximate surface area is 145 Å². The third kappa shape index (κ3) is 5.21. The Hall–Kier alpha value is -3.08. The minimum absolute atomic E-state index is 0.0275. The van der Waals surface area contributed by atoms with Crippen LogP contribution in [0.25, 0.3) is 0 Å². The van der Waals surface area contributed by atoms with Gasteiger partial charge in [0.15, 0.2) is 36.3 Å². The Bertz CT molecular complexity index is 883. The van der Waals surface area contributed by atoms with Crippen LogP contribution in [0.2, 0.25) is 0 Å². The van der Waals surface area contributed by atoms with Gasteiger partial charge in [0.1, 0.15) is 6.04 Å². The summed E-state index contributed by atoms with van der Waals surface area (Å²) < 4.78 is 28.4. The number of ether oxygens (including phenoxy) is 2. The van der Waals surface area contributed by atoms with E-state index < -0.39 is 29.6 Å². The predicted octanol–water partition coefficient (Wildman–Crippen LogP) is 0.290. The highest BCUT2D eigenvalue weighted by Crippen LogP contribution is 2.10. The van der Waals surface area contributed by atoms with Crippen molar-refractivity contribution in [1.29, 1.82) is 0 Å². The van der Waals surface area contributed by atoms with Gasteiger partial charge in [-0.25, -0.2) is 9.59 Å². The lowest BCUT2D eigenvalue weighted by Crippen LogP contribution is -2.32. The maximum Gasteiger partial charge on any atom is 0.519 e. The highest BCUT2D eigenvalue weighted by molar-refractivity contribution is 5.77. The van der Waals surface area contributed by atoms with E-state index in [1.165, 1.54) is 13.8 Å². The number of nitrogens with two attached hydrogens (primary N) is 1. The van der Waals surface area contributed by atoms with E-state index in [4.69, 9.17) is 15.2 Å². The molecule has 2 rings (SSSR count). The standard InChI is InChI=1S/C15H17NO10/c1-7-10(25-14(19)23-7)5-21-12(17)4-3-9(16)13(18)22-6-11-8(2)24-15(20)26-11/h9H,3-6,16H2,1-2H3/t9-/m0/s1. The topological polar surface area (TPSA) is 165 Å². The lowest BCUT2D eigenvalue weighted by molar-refractivity contribution is -0.148. The monoisotopic (exact) mass is 371 g/mol. The third-order valence-corrected chi connectivity index (χ3v) is 3.34. The summed E-state index contributed by atoms with van der Waals surface area (Å²) in [5.41, 5.74) is 5.63. The molecule has 0 saturated carbocycles. The van der Waals surface area contributed by atoms with Crippen LogP contribution < -0.4 is 17.4 Å². The van der Waals surface area contributed by atoms with Gasteiger partial charge in [0, 0.05) is 6.42 Å². The largest absolute Gasteiger partial charge is 0.519 e. The first-order valence-corrected chi connectivity index (χ1v) is 7.53. The Morgan fingerprint density at radius 1 is 0.923 bits per heavy atom. The van der Waals surface area contributed by atoms with Crippen LogP contribution in [0.1, 0.15) is 35.9 Å². The van der Waals surface area contributed by atoms with Crippen molar-refractivity contribution in [3.05, 3.63) is 44.3 Å². The van der Waals surface area contributed by atoms with Gasteiger partial charge in [0.25, 0.3) is 0 Å². The summed E-state index contributed by atoms with van der Waals surface area (Å²) in [6, 6.07) is -1.07. The average molecular weight is 371 g/mol. The second-order valence-corrected chi connectivity index (χ2v) is 5.28. The summed E-state index contributed by atoms with van der Waals surface area (Å²) in [7, 11) is 0. The van der Waals surface area contributed by atoms with Crippen LogP contribution in [0.15, 0.2) is 27.3 Å². The van der Waals surface area contributed by atoms with Gasteiger partial charge >= 0.3 is 23.6 Å². The summed E-state index contributed by atoms with van der Waals surface area (Å²) in [6.45, 7) is 2.39. The molecule has 0 unspecified atom stereocenters. The van der Waals surface area contributed by atoms with Crippen molar-refractivity contribution in [1.82, 2.24) is 0 Å². The van der Waals surface area contributed by atoms with Crippen LogP contribution in [-0.4, -0.2) is 18.0 Å². The molecule has 1 atom stereocenters. The van der Waals surface area contributed by atoms with Gasteiger partial charge in [0.05, 0.1) is 0 Å². The zero-order valence-corrected chi connectivity index (χ0v) is 14.1. The van der Waals surface area contributed by atoms with Crippen molar-refractivity contribution in [2.24, 2.45) is 5.73 Å². The molecule has 0 amide bonds. The highest BCUT2D eigenvalue weighted by Gasteiger charge is 2.20. The fraction of sp³-hybridized carbons (Fsp3) is 0.467. The van der Waals surface area contributed by atoms with Gasteiger partial charge < -0.3 is 32.9 Å². The van der Waals surface area contributed by atoms with Crippen LogP contribution in [0.3, 0.4) is 0 Å². The summed E-state index contributed by atoms with van der Waals surface area (Å²) in [5, 5.41) is 0. The van der Waals surface area contributed by atoms with E-state index in [9.17, 15) is 19.2 Å². The van der Waals surface area contributed by atoms with Crippen LogP contribution in [-0.2, 0) is 32.3 Å². The molecule has 0 aliphatic carbocycles. The minimum atomic E-state index is -1.07. The van der Waals surface area contributed by atoms with Gasteiger partial charge in [0.2, 0.25) is 0 Å². The number of hydrogen-bond acceptors (Lipinski definition) is 11. The fourth-order valence-corrected chi connectivity index (χ4v) is 1.87. The van der Waals surface area contributed by atoms with E-state index in [0.29, 0.717) is 0 Å². The number of rotatable bonds is 8. The summed E-state index contributed by atoms with van der Waals surface area (Å²) >= 11 is 0. The molecule has 0 saturated heterocycles. The maximum absolute atomic E-state index is 11.8. The van der Waals surface area contributed by atoms with Crippen molar-refractivity contribution in [2.45, 2.75) is 45.9 Å². The van der Waals surface area contributed by atoms with E-state index >= 15 is 0 Å². The van der Waals surface area contributed by atoms with E-state index in [1.54, 1.807) is 0 Å². The zero-order valence-electron chi connectivity index (χ0n) is 14.1. The molecular formula is C15H17NO10. The minimum Gasteiger partial charge on any atom is -0.457 e. The maximum atomic E-state index is 11.8. The molecule has 2 N–H and O–H groups in total. The quantitative estimate of drug-likeness (QED) is 0.634. The summed E-state index contributed by atoms with van der Waals surface area (Å²) in [6.07, 6.45) is -0.183. The molecular weight excluding hydrogens is 354 g/mol. The molecule has 0 bridgehead atoms. The lowest BCUT2D eigenvalue weighted by atomic mass is 10.2. The molecule has 2 aromatic rings. The Morgan fingerprint density at radius 2 is 1.42 bits per heavy atom. The van der Waals surface area contributed by atoms with Crippen LogP contribution in [0.4, 0.5) is 0 Å². The lowest BCUT2D eigenvalue weighted by Gasteiger charge is -2.10. The number of carbonyl (C=O) groups excluding carboxylic acids is 2. The normalized spacial score (nSPS) is 12.0. The Balaban J connectivity index is 1.72. The molecule has 142 valence electrons. The van der Waals surface area contributed by atoms with Gasteiger partial charge in [-0.3, -0.25) is 9.59 Å². The number of carbonyl (C=O) groups is 2. The predicted molar refractivity (Wildman–Crippen MR) is 80.8 cm³/mol. The SMILES string of the molecule is Cc1oc(=O)oc1COC(=O)CC[C@H](N)C(=O)OCc1oc(=O)oc1C. The molecule has 2 aromatic heterocycles. The Kier molecular flexibility index (Phi) is 6.17. The van der Waals surface area contributed by atoms with Crippen molar-refractivity contribution < 1.29 is 36.7 Å². The third-order valence-electron chi connectivity index (χ3n) is 3.34. The fourth-order valence-electron chi connectivity index (χ4n) is 1.87. The summed E-state index contributed by atoms with van der Waals surface area (Å²) in [4.78, 5) is 45.1. The zero-order chi connectivity index (χ0) is 19.3. The smallest absolute Gasteiger partial charge is 0.457 e. The summed E-state index contributed by atoms with van der Waals surface area (Å²) in [5.74, 6) is -2.63. The van der Waals surface area contributed by atoms with E-state index in [-0.39, 0.29) is 49.1 Å². The molecule has 0 aliphatic rings. The van der Waals surface area contributed by atoms with Crippen molar-refractivity contribution in [2.75, 3.05) is 0 Å². The molecule has 26 heavy (non-hydrogen) atoms. The molecule has 2 heterocycles. The second-order valence-electron chi connectivity index (χ2n) is 5.28. The van der Waals surface area contributed by atoms with Gasteiger partial charge in [-0.1, -0.05) is 0 Å². The molecule has 0 spiro atoms. The van der Waals surface area contributed by atoms with Crippen molar-refractivity contribution in [3.63, 3.8) is 0 Å². The first kappa shape index (κ1) is 19.2. The van der Waals surface area contributed by atoms with Crippen LogP contribution in [0.5, 0.6) is 0 Å². The highest BCUT2D eigenvalue weighted by atomic mass is 16.6. The molecule has 0 aromatic carbocycles. The van der Waals surface area contributed by atoms with E-state index in [2.05, 4.69) is 17.7 Å². The van der Waals surface area contributed by atoms with Gasteiger partial charge in [-0.05, 0) is 20.3 Å². The second kappa shape index (κ2) is 8.34. The van der Waals surface area contributed by atoms with Gasteiger partial charge in [-0.2, -0.15) is 0 Å². The molecule has 11 heteroatoms. The van der Waals surface area contributed by atoms with Crippen LogP contribution >= 0.6 is 0 Å². The Morgan fingerprint density at radius 3 is 1.88 bits per heavy atom. The molecule has 0 aliphatic heterocycles. The van der Waals surface area contributed by atoms with E-state index in [1.807, 2.05) is 0 Å². The number of hydrogen-bond donors (Lipinski definition) is 1.